The summed E-state index contributed by atoms with van der Waals surface area (Å²) >= 11 is 0. The van der Waals surface area contributed by atoms with Gasteiger partial charge < -0.3 is 53.1 Å². The number of guanidine groups is 1. The lowest BCUT2D eigenvalue weighted by atomic mass is 9.83. The Balaban J connectivity index is 1.55. The molecule has 1 aliphatic heterocycles. The summed E-state index contributed by atoms with van der Waals surface area (Å²) < 4.78 is 0. The molecule has 21 nitrogen and oxygen atoms in total. The van der Waals surface area contributed by atoms with Crippen LogP contribution in [0.25, 0.3) is 10.9 Å². The number of para-hydroxylation sites is 1. The number of carbonyl (C=O) groups is 9. The van der Waals surface area contributed by atoms with Crippen molar-refractivity contribution in [1.82, 2.24) is 41.5 Å². The Hall–Kier alpha value is -7.71. The van der Waals surface area contributed by atoms with Crippen molar-refractivity contribution < 1.29 is 48.3 Å². The third-order valence-electron chi connectivity index (χ3n) is 13.2. The minimum absolute atomic E-state index is 0.00314. The van der Waals surface area contributed by atoms with Gasteiger partial charge >= 0.3 is 5.97 Å². The van der Waals surface area contributed by atoms with Gasteiger partial charge in [-0.05, 0) is 68.6 Å². The summed E-state index contributed by atoms with van der Waals surface area (Å²) in [7, 11) is 0. The molecule has 12 N–H and O–H groups in total. The second kappa shape index (κ2) is 29.1. The standard InChI is InChI=1S/C53H71N11O10/c1-3-4-18-41(60-32(2)65)49(70)61-42-20-10-8-16-38(66)21-22-43(52(73)74)62-48(69)35(25-36-29-58-40-19-11-9-17-39(36)40)27-46(67)34(15-12-23-57-53(54)55)26-47(68)44(24-33-13-6-5-7-14-33)63-51(72)45(64-50(42)71)28-37-30-56-31-59-37/h5-7,9,11,13-14,17,19,29-31,34-35,41-45,58H,3-4,8,10,12,15-16,18,20-28H2,1-2H3,(H,56,59)(H,60,65)(H,61,70)(H,62,69)(H,63,72)(H,64,71)(H,73,74)(H4,54,55,57)/t34-,35-,41+,42+,43+,44-,45+/m1/s1. The fraction of sp³-hybridized carbons (Fsp3) is 0.491. The zero-order valence-electron chi connectivity index (χ0n) is 42.2. The van der Waals surface area contributed by atoms with Gasteiger partial charge in [0.2, 0.25) is 29.5 Å². The first-order chi connectivity index (χ1) is 35.5. The van der Waals surface area contributed by atoms with E-state index in [4.69, 9.17) is 11.5 Å². The molecule has 2 aromatic carbocycles. The Morgan fingerprint density at radius 1 is 0.797 bits per heavy atom. The third-order valence-corrected chi connectivity index (χ3v) is 13.2. The van der Waals surface area contributed by atoms with E-state index < -0.39 is 95.5 Å². The second-order valence-corrected chi connectivity index (χ2v) is 19.0. The van der Waals surface area contributed by atoms with E-state index in [1.807, 2.05) is 31.2 Å². The summed E-state index contributed by atoms with van der Waals surface area (Å²) in [6.45, 7) is 3.32. The molecule has 0 aliphatic carbocycles. The molecule has 0 bridgehead atoms. The number of unbranched alkanes of at least 4 members (excludes halogenated alkanes) is 1. The molecule has 21 heteroatoms. The molecule has 1 fully saturated rings. The summed E-state index contributed by atoms with van der Waals surface area (Å²) in [5.74, 6) is -8.31. The Morgan fingerprint density at radius 2 is 1.53 bits per heavy atom. The maximum atomic E-state index is 14.8. The number of aromatic nitrogens is 3. The van der Waals surface area contributed by atoms with Gasteiger partial charge in [0.05, 0.1) is 12.4 Å². The van der Waals surface area contributed by atoms with Crippen molar-refractivity contribution in [3.63, 3.8) is 0 Å². The van der Waals surface area contributed by atoms with Crippen molar-refractivity contribution in [2.45, 2.75) is 147 Å². The van der Waals surface area contributed by atoms with E-state index in [0.717, 1.165) is 17.3 Å². The molecule has 74 heavy (non-hydrogen) atoms. The lowest BCUT2D eigenvalue weighted by Gasteiger charge is -2.27. The highest BCUT2D eigenvalue weighted by atomic mass is 16.4. The fourth-order valence-corrected chi connectivity index (χ4v) is 9.12. The minimum Gasteiger partial charge on any atom is -0.480 e. The maximum Gasteiger partial charge on any atom is 0.326 e. The molecule has 398 valence electrons. The van der Waals surface area contributed by atoms with Gasteiger partial charge in [-0.1, -0.05) is 74.7 Å². The molecular formula is C53H71N11O10. The number of H-pyrrole nitrogens is 2. The fourth-order valence-electron chi connectivity index (χ4n) is 9.12. The van der Waals surface area contributed by atoms with Gasteiger partial charge in [-0.15, -0.1) is 0 Å². The number of fused-ring (bicyclic) bond motifs is 1. The Morgan fingerprint density at radius 3 is 2.23 bits per heavy atom. The van der Waals surface area contributed by atoms with Crippen molar-refractivity contribution in [3.05, 3.63) is 90.1 Å². The topological polar surface area (TPSA) is 343 Å². The first-order valence-corrected chi connectivity index (χ1v) is 25.4. The number of carbonyl (C=O) groups excluding carboxylic acids is 8. The number of nitrogens with zero attached hydrogens (tertiary/aromatic N) is 2. The number of nitrogens with two attached hydrogens (primary N) is 2. The largest absolute Gasteiger partial charge is 0.480 e. The SMILES string of the molecule is CCCC[C@H](NC(C)=O)C(=O)N[C@H]1CCCCC(=O)CC[C@@H](C(=O)O)NC(=O)[C@H](Cc2c[nH]c3ccccc23)CC(=O)[C@H](CCCN=C(N)N)CC(=O)[C@@H](Cc2ccccc2)NC(=O)[C@H](Cc2cnc[nH]2)NC1=O. The molecule has 0 radical (unpaired) electrons. The number of hydrogen-bond acceptors (Lipinski definition) is 11. The summed E-state index contributed by atoms with van der Waals surface area (Å²) in [6, 6.07) is 9.97. The van der Waals surface area contributed by atoms with Crippen LogP contribution in [0.2, 0.25) is 0 Å². The highest BCUT2D eigenvalue weighted by Crippen LogP contribution is 2.26. The lowest BCUT2D eigenvalue weighted by Crippen LogP contribution is -2.58. The number of ketones is 3. The maximum absolute atomic E-state index is 14.8. The van der Waals surface area contributed by atoms with Crippen LogP contribution < -0.4 is 38.1 Å². The van der Waals surface area contributed by atoms with Crippen LogP contribution in [-0.4, -0.2) is 116 Å². The summed E-state index contributed by atoms with van der Waals surface area (Å²) in [5, 5.41) is 24.7. The second-order valence-electron chi connectivity index (χ2n) is 19.0. The van der Waals surface area contributed by atoms with Crippen molar-refractivity contribution in [2.24, 2.45) is 28.3 Å². The average molecular weight is 1020 g/mol. The molecule has 4 aromatic rings. The highest BCUT2D eigenvalue weighted by Gasteiger charge is 2.35. The van der Waals surface area contributed by atoms with Crippen LogP contribution in [0, 0.1) is 11.8 Å². The van der Waals surface area contributed by atoms with Crippen molar-refractivity contribution in [2.75, 3.05) is 6.54 Å². The van der Waals surface area contributed by atoms with Gasteiger partial charge in [-0.25, -0.2) is 9.78 Å². The predicted octanol–water partition coefficient (Wildman–Crippen LogP) is 2.77. The van der Waals surface area contributed by atoms with Gasteiger partial charge in [0.1, 0.15) is 35.7 Å². The van der Waals surface area contributed by atoms with Crippen LogP contribution >= 0.6 is 0 Å². The summed E-state index contributed by atoms with van der Waals surface area (Å²) in [6.07, 6.45) is 5.65. The third kappa shape index (κ3) is 18.4. The van der Waals surface area contributed by atoms with E-state index in [2.05, 4.69) is 46.5 Å². The van der Waals surface area contributed by atoms with Crippen molar-refractivity contribution in [3.8, 4) is 0 Å². The van der Waals surface area contributed by atoms with Crippen LogP contribution in [0.5, 0.6) is 0 Å². The predicted molar refractivity (Wildman–Crippen MR) is 276 cm³/mol. The molecule has 3 heterocycles. The van der Waals surface area contributed by atoms with E-state index in [1.165, 1.54) is 19.4 Å². The molecule has 2 aromatic heterocycles. The molecule has 0 saturated carbocycles. The quantitative estimate of drug-likeness (QED) is 0.0414. The first-order valence-electron chi connectivity index (χ1n) is 25.4. The molecule has 5 rings (SSSR count). The number of carboxylic acids is 1. The highest BCUT2D eigenvalue weighted by molar-refractivity contribution is 5.98. The van der Waals surface area contributed by atoms with E-state index in [0.29, 0.717) is 23.2 Å². The number of carboxylic acid groups (broad SMARTS) is 1. The van der Waals surface area contributed by atoms with Crippen LogP contribution in [0.15, 0.2) is 78.3 Å². The number of imidazole rings is 1. The lowest BCUT2D eigenvalue weighted by molar-refractivity contribution is -0.143. The number of rotatable bonds is 17. The number of amides is 5. The Labute approximate surface area is 430 Å². The van der Waals surface area contributed by atoms with Gasteiger partial charge in [-0.2, -0.15) is 0 Å². The monoisotopic (exact) mass is 1020 g/mol. The molecule has 7 atom stereocenters. The van der Waals surface area contributed by atoms with Crippen LogP contribution in [0.1, 0.15) is 114 Å². The van der Waals surface area contributed by atoms with E-state index >= 15 is 0 Å². The number of hydrogen-bond donors (Lipinski definition) is 10. The van der Waals surface area contributed by atoms with Crippen molar-refractivity contribution in [1.29, 1.82) is 0 Å². The zero-order valence-corrected chi connectivity index (χ0v) is 42.2. The number of aromatic amines is 2. The van der Waals surface area contributed by atoms with Gasteiger partial charge in [-0.3, -0.25) is 43.3 Å². The van der Waals surface area contributed by atoms with Crippen molar-refractivity contribution >= 4 is 69.7 Å². The number of aliphatic imine (C=N–C) groups is 1. The molecule has 0 unspecified atom stereocenters. The van der Waals surface area contributed by atoms with Crippen LogP contribution in [0.3, 0.4) is 0 Å². The zero-order chi connectivity index (χ0) is 53.6. The van der Waals surface area contributed by atoms with Crippen LogP contribution in [-0.2, 0) is 62.4 Å². The van der Waals surface area contributed by atoms with Gasteiger partial charge in [0.15, 0.2) is 11.7 Å². The van der Waals surface area contributed by atoms with E-state index in [-0.39, 0.29) is 102 Å². The van der Waals surface area contributed by atoms with E-state index in [1.54, 1.807) is 36.5 Å². The molecular weight excluding hydrogens is 951 g/mol. The minimum atomic E-state index is -1.49. The Bertz CT molecular complexity index is 2580. The van der Waals surface area contributed by atoms with E-state index in [9.17, 15) is 48.3 Å². The number of Topliss-reactive ketones (excluding diaryl/α,β-unsaturated/α-hetero) is 3. The number of aliphatic carboxylic acids is 1. The Kier molecular flexibility index (Phi) is 22.5. The molecule has 5 amide bonds. The molecule has 1 aliphatic rings. The summed E-state index contributed by atoms with van der Waals surface area (Å²) in [4.78, 5) is 139. The molecule has 1 saturated heterocycles. The van der Waals surface area contributed by atoms with Gasteiger partial charge in [0, 0.05) is 86.4 Å². The number of nitrogens with one attached hydrogen (secondary N) is 7. The average Bonchev–Trinajstić information content (AvgIpc) is 4.04. The summed E-state index contributed by atoms with van der Waals surface area (Å²) in [5.41, 5.74) is 13.8. The van der Waals surface area contributed by atoms with Gasteiger partial charge in [0.25, 0.3) is 0 Å². The van der Waals surface area contributed by atoms with Crippen LogP contribution in [0.4, 0.5) is 0 Å². The number of benzene rings is 2. The first kappa shape index (κ1) is 57.2. The normalized spacial score (nSPS) is 21.6. The smallest absolute Gasteiger partial charge is 0.326 e. The molecule has 0 spiro atoms.